The van der Waals surface area contributed by atoms with Crippen molar-refractivity contribution in [3.63, 3.8) is 0 Å². The summed E-state index contributed by atoms with van der Waals surface area (Å²) in [6.45, 7) is 1.81. The first-order chi connectivity index (χ1) is 8.84. The molecule has 2 aromatic rings. The van der Waals surface area contributed by atoms with Gasteiger partial charge in [-0.2, -0.15) is 5.10 Å². The molecule has 0 aromatic carbocycles. The molecule has 0 fully saturated rings. The molecule has 8 heteroatoms. The highest BCUT2D eigenvalue weighted by atomic mass is 79.9. The topological polar surface area (TPSA) is 68.1 Å². The summed E-state index contributed by atoms with van der Waals surface area (Å²) in [5.41, 5.74) is 0.754. The number of rotatable bonds is 3. The van der Waals surface area contributed by atoms with Gasteiger partial charge in [0.15, 0.2) is 0 Å². The molecule has 0 radical (unpaired) electrons. The van der Waals surface area contributed by atoms with E-state index in [1.54, 1.807) is 19.2 Å². The normalized spacial score (nSPS) is 11.6. The minimum Gasteiger partial charge on any atom is -0.260 e. The third-order valence-electron chi connectivity index (χ3n) is 2.67. The van der Waals surface area contributed by atoms with E-state index in [1.165, 1.54) is 17.9 Å². The summed E-state index contributed by atoms with van der Waals surface area (Å²) in [4.78, 5) is 4.32. The molecule has 0 aliphatic carbocycles. The maximum atomic E-state index is 12.5. The van der Waals surface area contributed by atoms with Gasteiger partial charge in [-0.25, -0.2) is 13.4 Å². The van der Waals surface area contributed by atoms with E-state index in [1.807, 2.05) is 13.0 Å². The van der Waals surface area contributed by atoms with Crippen LogP contribution in [0.15, 0.2) is 33.9 Å². The van der Waals surface area contributed by atoms with Gasteiger partial charge in [0, 0.05) is 19.8 Å². The average molecular weight is 345 g/mol. The van der Waals surface area contributed by atoms with Crippen LogP contribution in [0.3, 0.4) is 0 Å². The second kappa shape index (κ2) is 4.93. The van der Waals surface area contributed by atoms with Gasteiger partial charge in [-0.3, -0.25) is 8.99 Å². The van der Waals surface area contributed by atoms with Crippen molar-refractivity contribution >= 4 is 31.8 Å². The van der Waals surface area contributed by atoms with Crippen LogP contribution in [0, 0.1) is 6.92 Å². The summed E-state index contributed by atoms with van der Waals surface area (Å²) >= 11 is 3.22. The van der Waals surface area contributed by atoms with Crippen molar-refractivity contribution in [2.75, 3.05) is 11.4 Å². The molecule has 0 saturated heterocycles. The number of hydrogen-bond acceptors (Lipinski definition) is 4. The molecule has 0 saturated carbocycles. The van der Waals surface area contributed by atoms with Gasteiger partial charge in [0.25, 0.3) is 10.0 Å². The molecule has 2 heterocycles. The van der Waals surface area contributed by atoms with Crippen molar-refractivity contribution in [3.05, 3.63) is 34.7 Å². The zero-order valence-electron chi connectivity index (χ0n) is 10.7. The fourth-order valence-corrected chi connectivity index (χ4v) is 3.53. The van der Waals surface area contributed by atoms with Crippen LogP contribution in [-0.4, -0.2) is 30.2 Å². The van der Waals surface area contributed by atoms with E-state index in [0.29, 0.717) is 10.4 Å². The predicted octanol–water partition coefficient (Wildman–Crippen LogP) is 1.71. The number of aromatic nitrogens is 3. The maximum absolute atomic E-state index is 12.5. The van der Waals surface area contributed by atoms with E-state index >= 15 is 0 Å². The van der Waals surface area contributed by atoms with Crippen LogP contribution >= 0.6 is 15.9 Å². The Labute approximate surface area is 120 Å². The third kappa shape index (κ3) is 2.50. The molecular weight excluding hydrogens is 332 g/mol. The number of anilines is 1. The lowest BCUT2D eigenvalue weighted by atomic mass is 10.4. The van der Waals surface area contributed by atoms with Crippen LogP contribution < -0.4 is 4.31 Å². The third-order valence-corrected chi connectivity index (χ3v) is 5.64. The lowest BCUT2D eigenvalue weighted by Gasteiger charge is -2.18. The summed E-state index contributed by atoms with van der Waals surface area (Å²) in [7, 11) is -0.548. The predicted molar refractivity (Wildman–Crippen MR) is 75.5 cm³/mol. The Morgan fingerprint density at radius 2 is 2.05 bits per heavy atom. The van der Waals surface area contributed by atoms with Crippen molar-refractivity contribution in [1.29, 1.82) is 0 Å². The van der Waals surface area contributed by atoms with Crippen LogP contribution in [-0.2, 0) is 17.1 Å². The number of aryl methyl sites for hydroxylation is 2. The highest BCUT2D eigenvalue weighted by Crippen LogP contribution is 2.26. The molecule has 6 nitrogen and oxygen atoms in total. The molecule has 0 aliphatic rings. The van der Waals surface area contributed by atoms with Crippen molar-refractivity contribution in [1.82, 2.24) is 14.8 Å². The van der Waals surface area contributed by atoms with Crippen molar-refractivity contribution < 1.29 is 8.42 Å². The minimum atomic E-state index is -3.68. The Balaban J connectivity index is 2.48. The van der Waals surface area contributed by atoms with Gasteiger partial charge in [0.05, 0.1) is 6.20 Å². The monoisotopic (exact) mass is 344 g/mol. The Hall–Kier alpha value is -1.41. The van der Waals surface area contributed by atoms with Crippen LogP contribution in [0.5, 0.6) is 0 Å². The number of hydrogen-bond donors (Lipinski definition) is 0. The first kappa shape index (κ1) is 14.0. The largest absolute Gasteiger partial charge is 0.269 e. The number of pyridine rings is 1. The fourth-order valence-electron chi connectivity index (χ4n) is 1.55. The molecule has 2 aromatic heterocycles. The van der Waals surface area contributed by atoms with Gasteiger partial charge in [0.2, 0.25) is 0 Å². The molecule has 0 unspecified atom stereocenters. The standard InChI is InChI=1S/C11H13BrN4O2S/c1-8-5-4-6-10(14-8)16(3)19(17,18)9-7-13-15(2)11(9)12/h4-7H,1-3H3. The minimum absolute atomic E-state index is 0.112. The number of sulfonamides is 1. The van der Waals surface area contributed by atoms with Crippen LogP contribution in [0.4, 0.5) is 5.82 Å². The Kier molecular flexibility index (Phi) is 3.64. The number of halogens is 1. The molecule has 0 atom stereocenters. The fraction of sp³-hybridized carbons (Fsp3) is 0.273. The summed E-state index contributed by atoms with van der Waals surface area (Å²) in [5, 5.41) is 3.92. The quantitative estimate of drug-likeness (QED) is 0.849. The van der Waals surface area contributed by atoms with E-state index in [4.69, 9.17) is 0 Å². The maximum Gasteiger partial charge on any atom is 0.269 e. The van der Waals surface area contributed by atoms with E-state index in [0.717, 1.165) is 10.00 Å². The molecular formula is C11H13BrN4O2S. The van der Waals surface area contributed by atoms with E-state index < -0.39 is 10.0 Å². The van der Waals surface area contributed by atoms with Gasteiger partial charge < -0.3 is 0 Å². The van der Waals surface area contributed by atoms with E-state index in [-0.39, 0.29) is 4.90 Å². The molecule has 19 heavy (non-hydrogen) atoms. The van der Waals surface area contributed by atoms with Crippen molar-refractivity contribution in [2.24, 2.45) is 7.05 Å². The van der Waals surface area contributed by atoms with Crippen LogP contribution in [0.25, 0.3) is 0 Å². The van der Waals surface area contributed by atoms with Gasteiger partial charge in [0.1, 0.15) is 15.3 Å². The molecule has 0 spiro atoms. The second-order valence-corrected chi connectivity index (χ2v) is 6.72. The Bertz CT molecular complexity index is 711. The van der Waals surface area contributed by atoms with E-state index in [2.05, 4.69) is 26.0 Å². The second-order valence-electron chi connectivity index (χ2n) is 4.03. The van der Waals surface area contributed by atoms with E-state index in [9.17, 15) is 8.42 Å². The zero-order chi connectivity index (χ0) is 14.2. The highest BCUT2D eigenvalue weighted by Gasteiger charge is 2.27. The number of nitrogens with zero attached hydrogens (tertiary/aromatic N) is 4. The molecule has 0 aliphatic heterocycles. The molecule has 0 amide bonds. The molecule has 0 bridgehead atoms. The summed E-state index contributed by atoms with van der Waals surface area (Å²) in [6.07, 6.45) is 1.31. The molecule has 2 rings (SSSR count). The van der Waals surface area contributed by atoms with Crippen molar-refractivity contribution in [3.8, 4) is 0 Å². The Morgan fingerprint density at radius 3 is 2.58 bits per heavy atom. The SMILES string of the molecule is Cc1cccc(N(C)S(=O)(=O)c2cnn(C)c2Br)n1. The zero-order valence-corrected chi connectivity index (χ0v) is 13.1. The summed E-state index contributed by atoms with van der Waals surface area (Å²) in [6, 6.07) is 5.22. The summed E-state index contributed by atoms with van der Waals surface area (Å²) < 4.78 is 28.0. The summed E-state index contributed by atoms with van der Waals surface area (Å²) in [5.74, 6) is 0.371. The smallest absolute Gasteiger partial charge is 0.260 e. The lowest BCUT2D eigenvalue weighted by Crippen LogP contribution is -2.27. The van der Waals surface area contributed by atoms with Crippen LogP contribution in [0.1, 0.15) is 5.69 Å². The van der Waals surface area contributed by atoms with Gasteiger partial charge in [-0.1, -0.05) is 6.07 Å². The average Bonchev–Trinajstić information content (AvgIpc) is 2.69. The molecule has 102 valence electrons. The van der Waals surface area contributed by atoms with Gasteiger partial charge in [-0.05, 0) is 35.0 Å². The molecule has 0 N–H and O–H groups in total. The highest BCUT2D eigenvalue weighted by molar-refractivity contribution is 9.10. The Morgan fingerprint density at radius 1 is 1.37 bits per heavy atom. The first-order valence-electron chi connectivity index (χ1n) is 5.44. The van der Waals surface area contributed by atoms with Crippen LogP contribution in [0.2, 0.25) is 0 Å². The lowest BCUT2D eigenvalue weighted by molar-refractivity contribution is 0.593. The first-order valence-corrected chi connectivity index (χ1v) is 7.67. The van der Waals surface area contributed by atoms with Crippen molar-refractivity contribution in [2.45, 2.75) is 11.8 Å². The van der Waals surface area contributed by atoms with Gasteiger partial charge >= 0.3 is 0 Å². The van der Waals surface area contributed by atoms with Gasteiger partial charge in [-0.15, -0.1) is 0 Å².